The number of benzene rings is 4. The van der Waals surface area contributed by atoms with Gasteiger partial charge < -0.3 is 4.90 Å². The number of hydrogen-bond acceptors (Lipinski definition) is 1. The SMILES string of the molecule is CC1(C)CCC(C)(C)c2cc(N(c3ccc4c(c3)C(C)(C)CCC4(C)C)c3cc(Cl)cc4ccccc34)ccc21. The molecule has 0 fully saturated rings. The minimum Gasteiger partial charge on any atom is -0.310 e. The predicted octanol–water partition coefficient (Wildman–Crippen LogP) is 11.7. The average molecular weight is 550 g/mol. The van der Waals surface area contributed by atoms with Crippen LogP contribution in [-0.2, 0) is 21.7 Å². The zero-order valence-electron chi connectivity index (χ0n) is 25.6. The first-order valence-corrected chi connectivity index (χ1v) is 15.4. The Morgan fingerprint density at radius 3 is 1.48 bits per heavy atom. The highest BCUT2D eigenvalue weighted by Gasteiger charge is 2.39. The third-order valence-electron chi connectivity index (χ3n) is 10.2. The maximum atomic E-state index is 6.81. The molecule has 2 aliphatic carbocycles. The molecule has 0 atom stereocenters. The smallest absolute Gasteiger partial charge is 0.0554 e. The zero-order valence-corrected chi connectivity index (χ0v) is 26.3. The van der Waals surface area contributed by atoms with Gasteiger partial charge in [0, 0.05) is 21.8 Å². The summed E-state index contributed by atoms with van der Waals surface area (Å²) in [5, 5.41) is 3.13. The highest BCUT2D eigenvalue weighted by atomic mass is 35.5. The first kappa shape index (κ1) is 27.4. The van der Waals surface area contributed by atoms with E-state index in [-0.39, 0.29) is 21.7 Å². The summed E-state index contributed by atoms with van der Waals surface area (Å²) in [5.74, 6) is 0. The Hall–Kier alpha value is -2.77. The molecule has 0 aliphatic heterocycles. The summed E-state index contributed by atoms with van der Waals surface area (Å²) in [7, 11) is 0. The zero-order chi connectivity index (χ0) is 28.7. The van der Waals surface area contributed by atoms with Crippen LogP contribution in [0.3, 0.4) is 0 Å². The van der Waals surface area contributed by atoms with Gasteiger partial charge in [-0.2, -0.15) is 0 Å². The number of fused-ring (bicyclic) bond motifs is 3. The van der Waals surface area contributed by atoms with Crippen molar-refractivity contribution >= 4 is 39.4 Å². The molecule has 0 heterocycles. The molecule has 0 radical (unpaired) electrons. The van der Waals surface area contributed by atoms with Gasteiger partial charge in [0.2, 0.25) is 0 Å². The van der Waals surface area contributed by atoms with Crippen LogP contribution in [0.4, 0.5) is 17.1 Å². The second-order valence-corrected chi connectivity index (χ2v) is 15.4. The van der Waals surface area contributed by atoms with Crippen LogP contribution >= 0.6 is 11.6 Å². The molecular weight excluding hydrogens is 506 g/mol. The first-order chi connectivity index (χ1) is 18.7. The van der Waals surface area contributed by atoms with Crippen LogP contribution in [-0.4, -0.2) is 0 Å². The monoisotopic (exact) mass is 549 g/mol. The van der Waals surface area contributed by atoms with E-state index in [0.717, 1.165) is 16.1 Å². The molecule has 0 spiro atoms. The number of nitrogens with zero attached hydrogens (tertiary/aromatic N) is 1. The third-order valence-corrected chi connectivity index (χ3v) is 10.5. The van der Waals surface area contributed by atoms with Gasteiger partial charge in [-0.15, -0.1) is 0 Å². The quantitative estimate of drug-likeness (QED) is 0.245. The number of hydrogen-bond donors (Lipinski definition) is 0. The van der Waals surface area contributed by atoms with Crippen molar-refractivity contribution in [2.75, 3.05) is 4.90 Å². The highest BCUT2D eigenvalue weighted by molar-refractivity contribution is 6.32. The molecular formula is C38H44ClN. The highest BCUT2D eigenvalue weighted by Crippen LogP contribution is 2.51. The van der Waals surface area contributed by atoms with Gasteiger partial charge in [-0.05, 0) is 111 Å². The van der Waals surface area contributed by atoms with Gasteiger partial charge in [-0.1, -0.05) is 103 Å². The van der Waals surface area contributed by atoms with E-state index in [1.807, 2.05) is 0 Å². The maximum absolute atomic E-state index is 6.81. The van der Waals surface area contributed by atoms with E-state index in [9.17, 15) is 0 Å². The fraction of sp³-hybridized carbons (Fsp3) is 0.421. The molecule has 2 aliphatic rings. The van der Waals surface area contributed by atoms with E-state index in [2.05, 4.69) is 133 Å². The van der Waals surface area contributed by atoms with Crippen LogP contribution in [0.25, 0.3) is 10.8 Å². The first-order valence-electron chi connectivity index (χ1n) is 15.0. The topological polar surface area (TPSA) is 3.24 Å². The van der Waals surface area contributed by atoms with Crippen molar-refractivity contribution in [2.45, 2.75) is 103 Å². The van der Waals surface area contributed by atoms with E-state index in [1.165, 1.54) is 64.7 Å². The van der Waals surface area contributed by atoms with Crippen LogP contribution < -0.4 is 4.90 Å². The number of rotatable bonds is 3. The van der Waals surface area contributed by atoms with Crippen molar-refractivity contribution in [3.8, 4) is 0 Å². The van der Waals surface area contributed by atoms with Gasteiger partial charge in [-0.3, -0.25) is 0 Å². The lowest BCUT2D eigenvalue weighted by Gasteiger charge is -2.43. The molecule has 208 valence electrons. The van der Waals surface area contributed by atoms with Crippen LogP contribution in [0.5, 0.6) is 0 Å². The van der Waals surface area contributed by atoms with Gasteiger partial charge in [0.05, 0.1) is 5.69 Å². The van der Waals surface area contributed by atoms with Crippen molar-refractivity contribution in [2.24, 2.45) is 0 Å². The summed E-state index contributed by atoms with van der Waals surface area (Å²) in [6.45, 7) is 19.2. The summed E-state index contributed by atoms with van der Waals surface area (Å²) in [6.07, 6.45) is 4.81. The number of anilines is 3. The fourth-order valence-electron chi connectivity index (χ4n) is 7.30. The molecule has 4 aromatic carbocycles. The van der Waals surface area contributed by atoms with Gasteiger partial charge in [0.1, 0.15) is 0 Å². The molecule has 1 nitrogen and oxygen atoms in total. The van der Waals surface area contributed by atoms with Crippen molar-refractivity contribution in [1.29, 1.82) is 0 Å². The van der Waals surface area contributed by atoms with Gasteiger partial charge >= 0.3 is 0 Å². The summed E-state index contributed by atoms with van der Waals surface area (Å²) in [5.41, 5.74) is 10.0. The summed E-state index contributed by atoms with van der Waals surface area (Å²) in [4.78, 5) is 2.46. The Balaban J connectivity index is 1.64. The molecule has 2 heteroatoms. The molecule has 0 N–H and O–H groups in total. The largest absolute Gasteiger partial charge is 0.310 e. The lowest BCUT2D eigenvalue weighted by molar-refractivity contribution is 0.332. The van der Waals surface area contributed by atoms with Crippen molar-refractivity contribution in [3.05, 3.63) is 100 Å². The second kappa shape index (κ2) is 9.12. The molecule has 6 rings (SSSR count). The van der Waals surface area contributed by atoms with Crippen LogP contribution in [0.15, 0.2) is 72.8 Å². The lowest BCUT2D eigenvalue weighted by atomic mass is 9.63. The maximum Gasteiger partial charge on any atom is 0.0554 e. The van der Waals surface area contributed by atoms with Crippen LogP contribution in [0.2, 0.25) is 5.02 Å². The minimum atomic E-state index is 0.130. The lowest BCUT2D eigenvalue weighted by Crippen LogP contribution is -2.34. The minimum absolute atomic E-state index is 0.130. The van der Waals surface area contributed by atoms with Gasteiger partial charge in [-0.25, -0.2) is 0 Å². The Kier molecular flexibility index (Phi) is 6.25. The van der Waals surface area contributed by atoms with E-state index in [1.54, 1.807) is 0 Å². The third kappa shape index (κ3) is 4.46. The van der Waals surface area contributed by atoms with E-state index >= 15 is 0 Å². The molecule has 0 bridgehead atoms. The predicted molar refractivity (Wildman–Crippen MR) is 174 cm³/mol. The van der Waals surface area contributed by atoms with Gasteiger partial charge in [0.15, 0.2) is 0 Å². The van der Waals surface area contributed by atoms with E-state index < -0.39 is 0 Å². The summed E-state index contributed by atoms with van der Waals surface area (Å²) >= 11 is 6.81. The fourth-order valence-corrected chi connectivity index (χ4v) is 7.52. The van der Waals surface area contributed by atoms with E-state index in [4.69, 9.17) is 11.6 Å². The molecule has 0 saturated carbocycles. The Labute approximate surface area is 246 Å². The molecule has 40 heavy (non-hydrogen) atoms. The molecule has 0 aromatic heterocycles. The van der Waals surface area contributed by atoms with Crippen LogP contribution in [0, 0.1) is 0 Å². The van der Waals surface area contributed by atoms with Gasteiger partial charge in [0.25, 0.3) is 0 Å². The standard InChI is InChI=1S/C38H44ClN/c1-35(2)17-19-37(5,6)32-23-27(13-15-30(32)35)40(34-22-26(39)21-25-11-9-10-12-29(25)34)28-14-16-31-33(24-28)38(7,8)20-18-36(31,3)4/h9-16,21-24H,17-20H2,1-8H3. The Morgan fingerprint density at radius 2 is 0.975 bits per heavy atom. The molecule has 0 amide bonds. The Morgan fingerprint density at radius 1 is 0.525 bits per heavy atom. The van der Waals surface area contributed by atoms with Crippen LogP contribution in [0.1, 0.15) is 103 Å². The summed E-state index contributed by atoms with van der Waals surface area (Å²) < 4.78 is 0. The summed E-state index contributed by atoms with van der Waals surface area (Å²) in [6, 6.07) is 27.3. The van der Waals surface area contributed by atoms with Crippen molar-refractivity contribution < 1.29 is 0 Å². The van der Waals surface area contributed by atoms with E-state index in [0.29, 0.717) is 0 Å². The molecule has 0 saturated heterocycles. The number of halogens is 1. The van der Waals surface area contributed by atoms with Crippen molar-refractivity contribution in [3.63, 3.8) is 0 Å². The normalized spacial score (nSPS) is 20.0. The Bertz CT molecular complexity index is 1540. The molecule has 0 unspecified atom stereocenters. The van der Waals surface area contributed by atoms with Crippen molar-refractivity contribution in [1.82, 2.24) is 0 Å². The average Bonchev–Trinajstić information content (AvgIpc) is 2.90. The molecule has 4 aromatic rings. The second-order valence-electron chi connectivity index (χ2n) is 15.0.